The monoisotopic (exact) mass is 455 g/mol. The molecule has 0 saturated carbocycles. The summed E-state index contributed by atoms with van der Waals surface area (Å²) in [6.45, 7) is 5.60. The first-order valence-electron chi connectivity index (χ1n) is 11.0. The Morgan fingerprint density at radius 3 is 2.94 bits per heavy atom. The summed E-state index contributed by atoms with van der Waals surface area (Å²) >= 11 is 1.67. The summed E-state index contributed by atoms with van der Waals surface area (Å²) in [7, 11) is 1.66. The number of aromatic nitrogens is 2. The van der Waals surface area contributed by atoms with Crippen LogP contribution in [0.15, 0.2) is 29.8 Å². The van der Waals surface area contributed by atoms with E-state index in [0.717, 1.165) is 53.4 Å². The number of benzene rings is 1. The van der Waals surface area contributed by atoms with E-state index in [9.17, 15) is 9.90 Å². The Labute approximate surface area is 191 Å². The van der Waals surface area contributed by atoms with Gasteiger partial charge in [-0.1, -0.05) is 6.92 Å². The topological polar surface area (TPSA) is 93.7 Å². The van der Waals surface area contributed by atoms with Crippen molar-refractivity contribution in [1.82, 2.24) is 25.1 Å². The van der Waals surface area contributed by atoms with E-state index >= 15 is 0 Å². The lowest BCUT2D eigenvalue weighted by Crippen LogP contribution is -2.67. The largest absolute Gasteiger partial charge is 0.497 e. The van der Waals surface area contributed by atoms with Crippen molar-refractivity contribution in [2.45, 2.75) is 31.3 Å². The third-order valence-electron chi connectivity index (χ3n) is 6.60. The fourth-order valence-corrected chi connectivity index (χ4v) is 5.91. The zero-order valence-electron chi connectivity index (χ0n) is 18.4. The van der Waals surface area contributed by atoms with Gasteiger partial charge in [-0.05, 0) is 24.1 Å². The maximum absolute atomic E-state index is 13.1. The third kappa shape index (κ3) is 3.44. The molecule has 2 aliphatic rings. The maximum atomic E-state index is 13.1. The van der Waals surface area contributed by atoms with Crippen LogP contribution >= 0.6 is 11.3 Å². The second-order valence-corrected chi connectivity index (χ2v) is 9.71. The minimum atomic E-state index is -0.404. The molecule has 1 spiro atoms. The fraction of sp³-hybridized carbons (Fsp3) is 0.478. The zero-order chi connectivity index (χ0) is 22.3. The quantitative estimate of drug-likeness (QED) is 0.531. The molecule has 3 N–H and O–H groups in total. The molecule has 2 aliphatic heterocycles. The van der Waals surface area contributed by atoms with E-state index < -0.39 is 6.04 Å². The zero-order valence-corrected chi connectivity index (χ0v) is 19.2. The van der Waals surface area contributed by atoms with Crippen molar-refractivity contribution in [3.05, 3.63) is 46.0 Å². The average molecular weight is 456 g/mol. The van der Waals surface area contributed by atoms with Crippen molar-refractivity contribution in [2.75, 3.05) is 39.9 Å². The molecule has 2 aromatic heterocycles. The first kappa shape index (κ1) is 21.2. The summed E-state index contributed by atoms with van der Waals surface area (Å²) in [6.07, 6.45) is 2.71. The molecular weight excluding hydrogens is 426 g/mol. The average Bonchev–Trinajstić information content (AvgIpc) is 3.43. The lowest BCUT2D eigenvalue weighted by Gasteiger charge is -2.56. The highest BCUT2D eigenvalue weighted by atomic mass is 32.1. The highest BCUT2D eigenvalue weighted by molar-refractivity contribution is 7.09. The van der Waals surface area contributed by atoms with Gasteiger partial charge >= 0.3 is 6.03 Å². The van der Waals surface area contributed by atoms with Gasteiger partial charge in [-0.15, -0.1) is 11.3 Å². The van der Waals surface area contributed by atoms with Gasteiger partial charge in [-0.2, -0.15) is 0 Å². The molecule has 4 heterocycles. The van der Waals surface area contributed by atoms with Crippen LogP contribution in [-0.2, 0) is 12.0 Å². The normalized spacial score (nSPS) is 19.7. The van der Waals surface area contributed by atoms with E-state index in [2.05, 4.69) is 26.3 Å². The number of aromatic amines is 1. The Hall–Kier alpha value is -2.62. The van der Waals surface area contributed by atoms with E-state index in [1.165, 1.54) is 5.56 Å². The fourth-order valence-electron chi connectivity index (χ4n) is 5.26. The van der Waals surface area contributed by atoms with Crippen LogP contribution in [0.25, 0.3) is 10.9 Å². The van der Waals surface area contributed by atoms with Crippen molar-refractivity contribution >= 4 is 28.3 Å². The third-order valence-corrected chi connectivity index (χ3v) is 7.37. The van der Waals surface area contributed by atoms with Crippen molar-refractivity contribution in [3.8, 4) is 5.75 Å². The number of likely N-dealkylation sites (tertiary alicyclic amines) is 1. The number of nitrogens with zero attached hydrogens (tertiary/aromatic N) is 3. The number of urea groups is 1. The summed E-state index contributed by atoms with van der Waals surface area (Å²) in [5.74, 6) is 0.780. The van der Waals surface area contributed by atoms with Gasteiger partial charge in [0, 0.05) is 65.8 Å². The Balaban J connectivity index is 1.54. The lowest BCUT2D eigenvalue weighted by atomic mass is 9.69. The number of fused-ring (bicyclic) bond motifs is 4. The molecule has 0 bridgehead atoms. The minimum absolute atomic E-state index is 0.120. The predicted octanol–water partition coefficient (Wildman–Crippen LogP) is 2.86. The molecule has 170 valence electrons. The van der Waals surface area contributed by atoms with Crippen LogP contribution in [0.5, 0.6) is 5.75 Å². The molecular formula is C23H29N5O3S. The molecule has 9 heteroatoms. The van der Waals surface area contributed by atoms with Crippen molar-refractivity contribution < 1.29 is 14.6 Å². The Kier molecular flexibility index (Phi) is 5.56. The number of amides is 2. The first-order chi connectivity index (χ1) is 15.6. The molecule has 32 heavy (non-hydrogen) atoms. The van der Waals surface area contributed by atoms with E-state index in [0.29, 0.717) is 13.1 Å². The summed E-state index contributed by atoms with van der Waals surface area (Å²) in [5, 5.41) is 17.6. The molecule has 0 aliphatic carbocycles. The van der Waals surface area contributed by atoms with E-state index in [1.807, 2.05) is 35.5 Å². The van der Waals surface area contributed by atoms with Gasteiger partial charge in [0.05, 0.1) is 26.3 Å². The summed E-state index contributed by atoms with van der Waals surface area (Å²) in [4.78, 5) is 25.2. The molecule has 3 aromatic rings. The number of ether oxygens (including phenoxy) is 1. The van der Waals surface area contributed by atoms with Crippen molar-refractivity contribution in [3.63, 3.8) is 0 Å². The van der Waals surface area contributed by atoms with Crippen LogP contribution in [0.2, 0.25) is 0 Å². The second-order valence-electron chi connectivity index (χ2n) is 8.73. The van der Waals surface area contributed by atoms with Crippen LogP contribution in [0.4, 0.5) is 4.79 Å². The van der Waals surface area contributed by atoms with Gasteiger partial charge in [-0.3, -0.25) is 4.90 Å². The molecule has 2 amide bonds. The molecule has 0 unspecified atom stereocenters. The number of aliphatic hydroxyl groups excluding tert-OH is 1. The number of rotatable bonds is 6. The molecule has 0 radical (unpaired) electrons. The maximum Gasteiger partial charge on any atom is 0.318 e. The van der Waals surface area contributed by atoms with Gasteiger partial charge in [0.2, 0.25) is 0 Å². The van der Waals surface area contributed by atoms with Gasteiger partial charge in [-0.25, -0.2) is 9.78 Å². The van der Waals surface area contributed by atoms with Gasteiger partial charge in [0.15, 0.2) is 0 Å². The molecule has 8 nitrogen and oxygen atoms in total. The number of carbonyl (C=O) groups is 1. The van der Waals surface area contributed by atoms with Crippen LogP contribution < -0.4 is 10.1 Å². The van der Waals surface area contributed by atoms with E-state index in [4.69, 9.17) is 4.74 Å². The molecule has 1 saturated heterocycles. The summed E-state index contributed by atoms with van der Waals surface area (Å²) < 4.78 is 5.42. The lowest BCUT2D eigenvalue weighted by molar-refractivity contribution is 0.00641. The first-order valence-corrected chi connectivity index (χ1v) is 11.9. The van der Waals surface area contributed by atoms with E-state index in [-0.39, 0.29) is 18.1 Å². The Bertz CT molecular complexity index is 1110. The number of carbonyl (C=O) groups excluding carboxylic acids is 1. The van der Waals surface area contributed by atoms with Crippen molar-refractivity contribution in [1.29, 1.82) is 0 Å². The minimum Gasteiger partial charge on any atom is -0.497 e. The number of aliphatic hydroxyl groups is 1. The van der Waals surface area contributed by atoms with Crippen molar-refractivity contribution in [2.24, 2.45) is 0 Å². The highest BCUT2D eigenvalue weighted by Crippen LogP contribution is 2.48. The Morgan fingerprint density at radius 1 is 1.41 bits per heavy atom. The second kappa shape index (κ2) is 8.38. The molecule has 1 atom stereocenters. The van der Waals surface area contributed by atoms with Crippen LogP contribution in [0.3, 0.4) is 0 Å². The smallest absolute Gasteiger partial charge is 0.318 e. The molecule has 1 aromatic carbocycles. The number of hydrogen-bond acceptors (Lipinski definition) is 6. The van der Waals surface area contributed by atoms with Crippen LogP contribution in [0.1, 0.15) is 35.7 Å². The molecule has 1 fully saturated rings. The van der Waals surface area contributed by atoms with Crippen LogP contribution in [0, 0.1) is 0 Å². The standard InChI is InChI=1S/C23H29N5O3S/c1-3-6-25-22(30)28-14-23(12-27(13-23)10-19-24-7-8-32-19)20-16-5-4-15(31-2)9-17(16)26-21(20)18(28)11-29/h4-5,7-9,18,26,29H,3,6,10-14H2,1-2H3,(H,25,30)/t18-/m1/s1. The highest BCUT2D eigenvalue weighted by Gasteiger charge is 2.53. The summed E-state index contributed by atoms with van der Waals surface area (Å²) in [6, 6.07) is 5.54. The van der Waals surface area contributed by atoms with Gasteiger partial charge in [0.1, 0.15) is 10.8 Å². The summed E-state index contributed by atoms with van der Waals surface area (Å²) in [5.41, 5.74) is 2.95. The number of hydrogen-bond donors (Lipinski definition) is 3. The predicted molar refractivity (Wildman–Crippen MR) is 124 cm³/mol. The van der Waals surface area contributed by atoms with E-state index in [1.54, 1.807) is 18.4 Å². The van der Waals surface area contributed by atoms with Gasteiger partial charge in [0.25, 0.3) is 0 Å². The number of thiazole rings is 1. The van der Waals surface area contributed by atoms with Crippen LogP contribution in [-0.4, -0.2) is 70.8 Å². The number of methoxy groups -OCH3 is 1. The number of nitrogens with one attached hydrogen (secondary N) is 2. The Morgan fingerprint density at radius 2 is 2.25 bits per heavy atom. The molecule has 5 rings (SSSR count). The van der Waals surface area contributed by atoms with Gasteiger partial charge < -0.3 is 25.0 Å². The number of H-pyrrole nitrogens is 1. The SMILES string of the molecule is CCCNC(=O)N1CC2(CN(Cc3nccs3)C2)c2c([nH]c3cc(OC)ccc23)[C@H]1CO.